The molecule has 0 aliphatic rings. The number of para-hydroxylation sites is 1. The van der Waals surface area contributed by atoms with E-state index in [2.05, 4.69) is 597 Å². The highest BCUT2D eigenvalue weighted by molar-refractivity contribution is 6.04. The van der Waals surface area contributed by atoms with E-state index in [9.17, 15) is 0 Å². The van der Waals surface area contributed by atoms with Gasteiger partial charge >= 0.3 is 0 Å². The van der Waals surface area contributed by atoms with Gasteiger partial charge in [0.15, 0.2) is 0 Å². The molecule has 0 aromatic heterocycles. The Morgan fingerprint density at radius 1 is 0.109 bits per heavy atom. The Labute approximate surface area is 802 Å². The topological polar surface area (TPSA) is 19.4 Å². The van der Waals surface area contributed by atoms with Crippen LogP contribution in [-0.4, -0.2) is 21.1 Å². The van der Waals surface area contributed by atoms with E-state index in [-0.39, 0.29) is 0 Å². The summed E-state index contributed by atoms with van der Waals surface area (Å²) in [5.74, 6) is 0. The second-order valence-corrected chi connectivity index (χ2v) is 34.6. The molecule has 0 radical (unpaired) electrons. The molecule has 137 heavy (non-hydrogen) atoms. The fourth-order valence-corrected chi connectivity index (χ4v) is 18.9. The summed E-state index contributed by atoms with van der Waals surface area (Å²) in [6.07, 6.45) is 0. The van der Waals surface area contributed by atoms with Gasteiger partial charge in [-0.25, -0.2) is 0 Å². The van der Waals surface area contributed by atoms with Crippen molar-refractivity contribution in [1.82, 2.24) is 0 Å². The molecule has 23 aromatic carbocycles. The summed E-state index contributed by atoms with van der Waals surface area (Å²) in [6, 6.07) is 198. The van der Waals surface area contributed by atoms with Gasteiger partial charge in [0.2, 0.25) is 0 Å². The van der Waals surface area contributed by atoms with Crippen LogP contribution in [0.2, 0.25) is 0 Å². The Morgan fingerprint density at radius 3 is 0.642 bits per heavy atom. The molecule has 0 fully saturated rings. The van der Waals surface area contributed by atoms with Gasteiger partial charge < -0.3 is 29.4 Å². The maximum Gasteiger partial charge on any atom is 0.0540 e. The SMILES string of the molecule is CN(c1ccc(-c2ccc(N(c3cccc(-c4ccccc4)c3)c3cccc4ccccc34)cc2)cc1)c1ccc2ccccc2c1.CN(c1ccc(-c2ccc(N(c3cccc(-c4ccccc4)c3)c3cccc4ccccc34)cc2)cc1)c1cccc2ccccc12.CN(c1ccccc1)c1ccc(-c2ccc(N(c3cccc(-c4ccccc4)c3)c3cccc4ccccc34)cc2)cc1. The summed E-state index contributed by atoms with van der Waals surface area (Å²) in [6.45, 7) is 0. The largest absolute Gasteiger partial charge is 0.345 e. The monoisotopic (exact) mass is 1760 g/mol. The summed E-state index contributed by atoms with van der Waals surface area (Å²) in [5, 5.41) is 12.3. The van der Waals surface area contributed by atoms with Crippen LogP contribution in [-0.2, 0) is 0 Å². The third-order valence-electron chi connectivity index (χ3n) is 26.2. The number of benzene rings is 23. The zero-order chi connectivity index (χ0) is 92.2. The van der Waals surface area contributed by atoms with Crippen molar-refractivity contribution in [2.75, 3.05) is 50.5 Å². The standard InChI is InChI=1S/2C45H34N2.C41H32N2/c1-46(44-22-10-16-36-14-5-7-20-42(36)44)39-28-24-34(25-29-39)35-26-30-40(31-27-35)47(45-23-11-17-37-15-6-8-21-43(37)45)41-19-9-18-38(32-41)33-12-3-2-4-13-33;1-46(42-30-25-34-13-5-6-15-38(34)31-42)40-26-21-35(22-27-40)36-23-28-41(29-24-36)47(45-20-10-16-37-14-7-8-19-44(37)45)43-18-9-17-39(32-43)33-11-3-2-4-12-33;1-42(36-17-6-3-7-18-36)37-26-22-32(23-27-37)33-24-28-38(29-25-33)43(41-21-11-15-34-14-8-9-20-40(34)41)39-19-10-16-35(30-39)31-12-4-2-5-13-31/h2*2-32H,1H3;2-30H,1H3. The maximum atomic E-state index is 2.38. The van der Waals surface area contributed by atoms with Crippen molar-refractivity contribution in [3.8, 4) is 66.8 Å². The zero-order valence-electron chi connectivity index (χ0n) is 76.7. The van der Waals surface area contributed by atoms with E-state index in [1.165, 1.54) is 138 Å². The Kier molecular flexibility index (Phi) is 24.9. The lowest BCUT2D eigenvalue weighted by Crippen LogP contribution is -2.10. The van der Waals surface area contributed by atoms with Gasteiger partial charge in [0, 0.05) is 111 Å². The zero-order valence-corrected chi connectivity index (χ0v) is 76.7. The van der Waals surface area contributed by atoms with E-state index in [0.29, 0.717) is 0 Å². The van der Waals surface area contributed by atoms with Crippen LogP contribution in [0.15, 0.2) is 552 Å². The van der Waals surface area contributed by atoms with Crippen LogP contribution in [0.25, 0.3) is 121 Å². The Balaban J connectivity index is 0.000000123. The molecule has 0 saturated heterocycles. The first-order valence-corrected chi connectivity index (χ1v) is 46.8. The minimum Gasteiger partial charge on any atom is -0.345 e. The molecule has 654 valence electrons. The highest BCUT2D eigenvalue weighted by Gasteiger charge is 2.23. The number of nitrogens with zero attached hydrogens (tertiary/aromatic N) is 6. The van der Waals surface area contributed by atoms with Crippen molar-refractivity contribution in [3.05, 3.63) is 552 Å². The summed E-state index contributed by atoms with van der Waals surface area (Å²) >= 11 is 0. The van der Waals surface area contributed by atoms with Crippen LogP contribution in [0.5, 0.6) is 0 Å². The van der Waals surface area contributed by atoms with E-state index in [1.807, 2.05) is 6.07 Å². The molecule has 6 heteroatoms. The van der Waals surface area contributed by atoms with Crippen LogP contribution >= 0.6 is 0 Å². The summed E-state index contributed by atoms with van der Waals surface area (Å²) < 4.78 is 0. The fraction of sp³-hybridized carbons (Fsp3) is 0.0229. The summed E-state index contributed by atoms with van der Waals surface area (Å²) in [5.41, 5.74) is 31.5. The molecule has 0 spiro atoms. The van der Waals surface area contributed by atoms with Gasteiger partial charge in [-0.2, -0.15) is 0 Å². The Morgan fingerprint density at radius 2 is 0.314 bits per heavy atom. The first-order valence-electron chi connectivity index (χ1n) is 46.8. The van der Waals surface area contributed by atoms with E-state index < -0.39 is 0 Å². The van der Waals surface area contributed by atoms with Crippen LogP contribution in [0, 0.1) is 0 Å². The smallest absolute Gasteiger partial charge is 0.0540 e. The average Bonchev–Trinajstić information content (AvgIpc) is 0.782. The minimum atomic E-state index is 1.11. The van der Waals surface area contributed by atoms with E-state index in [4.69, 9.17) is 0 Å². The van der Waals surface area contributed by atoms with Crippen molar-refractivity contribution in [3.63, 3.8) is 0 Å². The quantitative estimate of drug-likeness (QED) is 0.0709. The molecule has 0 bridgehead atoms. The van der Waals surface area contributed by atoms with Crippen molar-refractivity contribution < 1.29 is 0 Å². The first kappa shape index (κ1) is 85.9. The second kappa shape index (κ2) is 39.7. The molecule has 0 unspecified atom stereocenters. The molecule has 23 rings (SSSR count). The van der Waals surface area contributed by atoms with Crippen LogP contribution < -0.4 is 29.4 Å². The number of hydrogen-bond donors (Lipinski definition) is 0. The van der Waals surface area contributed by atoms with Gasteiger partial charge in [0.1, 0.15) is 0 Å². The van der Waals surface area contributed by atoms with Crippen LogP contribution in [0.3, 0.4) is 0 Å². The van der Waals surface area contributed by atoms with Gasteiger partial charge in [-0.15, -0.1) is 0 Å². The molecule has 0 aliphatic carbocycles. The lowest BCUT2D eigenvalue weighted by atomic mass is 10.0. The highest BCUT2D eigenvalue weighted by Crippen LogP contribution is 2.47. The van der Waals surface area contributed by atoms with Gasteiger partial charge in [-0.1, -0.05) is 394 Å². The third-order valence-corrected chi connectivity index (χ3v) is 26.2. The van der Waals surface area contributed by atoms with Crippen molar-refractivity contribution in [2.24, 2.45) is 0 Å². The normalized spacial score (nSPS) is 11.0. The molecular formula is C131H100N6. The number of hydrogen-bond acceptors (Lipinski definition) is 6. The molecule has 6 nitrogen and oxygen atoms in total. The number of anilines is 15. The van der Waals surface area contributed by atoms with Crippen molar-refractivity contribution in [2.45, 2.75) is 0 Å². The summed E-state index contributed by atoms with van der Waals surface area (Å²) in [4.78, 5) is 13.8. The Hall–Kier alpha value is -17.8. The molecular weight excluding hydrogens is 1660 g/mol. The Bertz CT molecular complexity index is 8070. The minimum absolute atomic E-state index is 1.11. The number of fused-ring (bicyclic) bond motifs is 5. The van der Waals surface area contributed by atoms with Crippen molar-refractivity contribution >= 4 is 139 Å². The van der Waals surface area contributed by atoms with Gasteiger partial charge in [0.25, 0.3) is 0 Å². The van der Waals surface area contributed by atoms with Crippen LogP contribution in [0.4, 0.5) is 85.3 Å². The lowest BCUT2D eigenvalue weighted by molar-refractivity contribution is 1.21. The molecule has 0 aliphatic heterocycles. The fourth-order valence-electron chi connectivity index (χ4n) is 18.9. The van der Waals surface area contributed by atoms with E-state index >= 15 is 0 Å². The molecule has 23 aromatic rings. The van der Waals surface area contributed by atoms with E-state index in [1.54, 1.807) is 0 Å². The van der Waals surface area contributed by atoms with E-state index in [0.717, 1.165) is 68.2 Å². The number of rotatable bonds is 21. The molecule has 0 N–H and O–H groups in total. The van der Waals surface area contributed by atoms with Crippen molar-refractivity contribution in [1.29, 1.82) is 0 Å². The second-order valence-electron chi connectivity index (χ2n) is 34.6. The molecule has 0 heterocycles. The van der Waals surface area contributed by atoms with Gasteiger partial charge in [-0.05, 0) is 257 Å². The molecule has 0 saturated carbocycles. The first-order chi connectivity index (χ1) is 67.7. The lowest BCUT2D eigenvalue weighted by Gasteiger charge is -2.27. The van der Waals surface area contributed by atoms with Gasteiger partial charge in [0.05, 0.1) is 17.1 Å². The molecule has 0 atom stereocenters. The molecule has 0 amide bonds. The highest BCUT2D eigenvalue weighted by atomic mass is 15.2. The average molecular weight is 1760 g/mol. The predicted octanol–water partition coefficient (Wildman–Crippen LogP) is 36.5. The summed E-state index contributed by atoms with van der Waals surface area (Å²) in [7, 11) is 6.37. The van der Waals surface area contributed by atoms with Gasteiger partial charge in [-0.3, -0.25) is 0 Å². The third kappa shape index (κ3) is 18.7. The van der Waals surface area contributed by atoms with Crippen LogP contribution in [0.1, 0.15) is 0 Å². The predicted molar refractivity (Wildman–Crippen MR) is 587 cm³/mol. The maximum absolute atomic E-state index is 2.38.